The smallest absolute Gasteiger partial charge is 0.305 e. The van der Waals surface area contributed by atoms with Gasteiger partial charge in [-0.2, -0.15) is 5.10 Å². The minimum Gasteiger partial charge on any atom is -0.305 e. The maximum atomic E-state index is 10.7. The van der Waals surface area contributed by atoms with Crippen molar-refractivity contribution < 1.29 is 4.92 Å². The molecule has 1 unspecified atom stereocenters. The summed E-state index contributed by atoms with van der Waals surface area (Å²) in [6.45, 7) is 0.664. The average Bonchev–Trinajstić information content (AvgIpc) is 3.04. The highest BCUT2D eigenvalue weighted by Crippen LogP contribution is 2.30. The molecule has 3 rings (SSSR count). The molecular weight excluding hydrogens is 276 g/mol. The topological polar surface area (TPSA) is 73.0 Å². The number of nitro groups is 1. The SMILES string of the molecule is Cn1ncc2c1CCCC2NCc1ccc([N+](=O)[O-])s1. The number of fused-ring (bicyclic) bond motifs is 1. The van der Waals surface area contributed by atoms with Gasteiger partial charge in [-0.1, -0.05) is 11.3 Å². The summed E-state index contributed by atoms with van der Waals surface area (Å²) in [5, 5.41) is 18.7. The third kappa shape index (κ3) is 2.46. The van der Waals surface area contributed by atoms with Gasteiger partial charge in [0.05, 0.1) is 11.1 Å². The molecule has 1 N–H and O–H groups in total. The van der Waals surface area contributed by atoms with Crippen LogP contribution in [0.5, 0.6) is 0 Å². The molecule has 2 aromatic rings. The third-order valence-electron chi connectivity index (χ3n) is 3.73. The maximum Gasteiger partial charge on any atom is 0.324 e. The summed E-state index contributed by atoms with van der Waals surface area (Å²) in [6.07, 6.45) is 5.25. The van der Waals surface area contributed by atoms with Crippen molar-refractivity contribution in [1.82, 2.24) is 15.1 Å². The van der Waals surface area contributed by atoms with Gasteiger partial charge in [0, 0.05) is 41.8 Å². The van der Waals surface area contributed by atoms with Crippen molar-refractivity contribution in [2.45, 2.75) is 31.8 Å². The quantitative estimate of drug-likeness (QED) is 0.694. The first-order chi connectivity index (χ1) is 9.65. The Bertz CT molecular complexity index is 634. The van der Waals surface area contributed by atoms with Gasteiger partial charge in [0.2, 0.25) is 0 Å². The molecule has 0 amide bonds. The second-order valence-electron chi connectivity index (χ2n) is 4.99. The number of hydrogen-bond acceptors (Lipinski definition) is 5. The molecule has 7 heteroatoms. The van der Waals surface area contributed by atoms with Crippen LogP contribution in [0.3, 0.4) is 0 Å². The van der Waals surface area contributed by atoms with Gasteiger partial charge in [-0.3, -0.25) is 14.8 Å². The predicted octanol–water partition coefficient (Wildman–Crippen LogP) is 2.56. The second kappa shape index (κ2) is 5.34. The molecule has 2 heterocycles. The third-order valence-corrected chi connectivity index (χ3v) is 4.76. The highest BCUT2D eigenvalue weighted by Gasteiger charge is 2.23. The van der Waals surface area contributed by atoms with Gasteiger partial charge in [0.15, 0.2) is 0 Å². The first-order valence-electron chi connectivity index (χ1n) is 6.62. The lowest BCUT2D eigenvalue weighted by Crippen LogP contribution is -2.24. The highest BCUT2D eigenvalue weighted by atomic mass is 32.1. The van der Waals surface area contributed by atoms with Gasteiger partial charge < -0.3 is 5.32 Å². The minimum absolute atomic E-state index is 0.201. The Morgan fingerprint density at radius 1 is 1.60 bits per heavy atom. The zero-order valence-corrected chi connectivity index (χ0v) is 12.0. The number of nitrogens with one attached hydrogen (secondary N) is 1. The Balaban J connectivity index is 1.68. The Morgan fingerprint density at radius 2 is 2.45 bits per heavy atom. The van der Waals surface area contributed by atoms with Crippen molar-refractivity contribution in [1.29, 1.82) is 0 Å². The van der Waals surface area contributed by atoms with Crippen LogP contribution < -0.4 is 5.32 Å². The lowest BCUT2D eigenvalue weighted by atomic mass is 9.93. The Hall–Kier alpha value is -1.73. The van der Waals surface area contributed by atoms with E-state index in [9.17, 15) is 10.1 Å². The maximum absolute atomic E-state index is 10.7. The molecule has 2 aromatic heterocycles. The minimum atomic E-state index is -0.339. The molecular formula is C13H16N4O2S. The summed E-state index contributed by atoms with van der Waals surface area (Å²) in [6, 6.07) is 3.69. The molecule has 6 nitrogen and oxygen atoms in total. The second-order valence-corrected chi connectivity index (χ2v) is 6.14. The molecule has 1 aliphatic rings. The molecule has 0 saturated heterocycles. The van der Waals surface area contributed by atoms with E-state index in [4.69, 9.17) is 0 Å². The number of nitrogens with zero attached hydrogens (tertiary/aromatic N) is 3. The van der Waals surface area contributed by atoms with Crippen LogP contribution in [0.4, 0.5) is 5.00 Å². The molecule has 0 spiro atoms. The van der Waals surface area contributed by atoms with Crippen LogP contribution in [0.1, 0.15) is 35.0 Å². The largest absolute Gasteiger partial charge is 0.324 e. The van der Waals surface area contributed by atoms with Gasteiger partial charge in [0.25, 0.3) is 0 Å². The molecule has 20 heavy (non-hydrogen) atoms. The highest BCUT2D eigenvalue weighted by molar-refractivity contribution is 7.15. The lowest BCUT2D eigenvalue weighted by Gasteiger charge is -2.23. The summed E-state index contributed by atoms with van der Waals surface area (Å²) >= 11 is 1.23. The molecule has 1 aliphatic carbocycles. The van der Waals surface area contributed by atoms with E-state index in [1.807, 2.05) is 24.0 Å². The van der Waals surface area contributed by atoms with Gasteiger partial charge in [0.1, 0.15) is 0 Å². The molecule has 0 aliphatic heterocycles. The summed E-state index contributed by atoms with van der Waals surface area (Å²) in [7, 11) is 1.98. The summed E-state index contributed by atoms with van der Waals surface area (Å²) < 4.78 is 1.94. The Labute approximate surface area is 120 Å². The van der Waals surface area contributed by atoms with Crippen molar-refractivity contribution in [2.75, 3.05) is 0 Å². The van der Waals surface area contributed by atoms with E-state index in [1.165, 1.54) is 22.6 Å². The van der Waals surface area contributed by atoms with Crippen LogP contribution in [0.15, 0.2) is 18.3 Å². The van der Waals surface area contributed by atoms with Crippen LogP contribution in [0.2, 0.25) is 0 Å². The number of aromatic nitrogens is 2. The lowest BCUT2D eigenvalue weighted by molar-refractivity contribution is -0.380. The van der Waals surface area contributed by atoms with Crippen molar-refractivity contribution in [3.8, 4) is 0 Å². The summed E-state index contributed by atoms with van der Waals surface area (Å²) in [4.78, 5) is 11.3. The molecule has 0 saturated carbocycles. The number of thiophene rings is 1. The predicted molar refractivity (Wildman–Crippen MR) is 76.7 cm³/mol. The van der Waals surface area contributed by atoms with E-state index in [0.717, 1.165) is 24.1 Å². The Morgan fingerprint density at radius 3 is 3.20 bits per heavy atom. The van der Waals surface area contributed by atoms with Crippen molar-refractivity contribution in [3.05, 3.63) is 44.6 Å². The van der Waals surface area contributed by atoms with E-state index >= 15 is 0 Å². The normalized spacial score (nSPS) is 17.9. The molecule has 0 fully saturated rings. The van der Waals surface area contributed by atoms with Gasteiger partial charge in [-0.25, -0.2) is 0 Å². The molecule has 0 radical (unpaired) electrons. The van der Waals surface area contributed by atoms with E-state index in [1.54, 1.807) is 6.07 Å². The van der Waals surface area contributed by atoms with Crippen LogP contribution in [0, 0.1) is 10.1 Å². The standard InChI is InChI=1S/C13H16N4O2S/c1-16-12-4-2-3-11(10(12)8-15-16)14-7-9-5-6-13(20-9)17(18)19/h5-6,8,11,14H,2-4,7H2,1H3. The van der Waals surface area contributed by atoms with Crippen LogP contribution in [-0.2, 0) is 20.0 Å². The van der Waals surface area contributed by atoms with Crippen molar-refractivity contribution in [3.63, 3.8) is 0 Å². The number of rotatable bonds is 4. The fraction of sp³-hybridized carbons (Fsp3) is 0.462. The first-order valence-corrected chi connectivity index (χ1v) is 7.44. The summed E-state index contributed by atoms with van der Waals surface area (Å²) in [5.41, 5.74) is 2.57. The van der Waals surface area contributed by atoms with Gasteiger partial charge >= 0.3 is 5.00 Å². The zero-order valence-electron chi connectivity index (χ0n) is 11.2. The van der Waals surface area contributed by atoms with E-state index in [0.29, 0.717) is 12.6 Å². The van der Waals surface area contributed by atoms with Crippen LogP contribution in [-0.4, -0.2) is 14.7 Å². The number of aryl methyl sites for hydroxylation is 1. The molecule has 0 aromatic carbocycles. The monoisotopic (exact) mass is 292 g/mol. The van der Waals surface area contributed by atoms with Crippen LogP contribution in [0.25, 0.3) is 0 Å². The van der Waals surface area contributed by atoms with E-state index in [-0.39, 0.29) is 9.92 Å². The molecule has 0 bridgehead atoms. The van der Waals surface area contributed by atoms with Crippen molar-refractivity contribution >= 4 is 16.3 Å². The fourth-order valence-electron chi connectivity index (χ4n) is 2.70. The molecule has 1 atom stereocenters. The zero-order chi connectivity index (χ0) is 14.1. The van der Waals surface area contributed by atoms with Crippen molar-refractivity contribution in [2.24, 2.45) is 7.05 Å². The van der Waals surface area contributed by atoms with E-state index in [2.05, 4.69) is 10.4 Å². The Kier molecular flexibility index (Phi) is 3.54. The summed E-state index contributed by atoms with van der Waals surface area (Å²) in [5.74, 6) is 0. The number of hydrogen-bond donors (Lipinski definition) is 1. The van der Waals surface area contributed by atoms with Gasteiger partial charge in [-0.15, -0.1) is 0 Å². The average molecular weight is 292 g/mol. The fourth-order valence-corrected chi connectivity index (χ4v) is 3.47. The molecule has 106 valence electrons. The van der Waals surface area contributed by atoms with E-state index < -0.39 is 0 Å². The van der Waals surface area contributed by atoms with Crippen LogP contribution >= 0.6 is 11.3 Å². The van der Waals surface area contributed by atoms with Gasteiger partial charge in [-0.05, 0) is 25.3 Å². The first kappa shape index (κ1) is 13.3.